The lowest BCUT2D eigenvalue weighted by Gasteiger charge is -2.38. The smallest absolute Gasteiger partial charge is 0.127 e. The summed E-state index contributed by atoms with van der Waals surface area (Å²) in [6, 6.07) is 10.0. The van der Waals surface area contributed by atoms with Gasteiger partial charge in [0.2, 0.25) is 0 Å². The molecule has 0 fully saturated rings. The number of benzene rings is 1. The van der Waals surface area contributed by atoms with Gasteiger partial charge in [0.15, 0.2) is 0 Å². The lowest BCUT2D eigenvalue weighted by atomic mass is 9.84. The minimum absolute atomic E-state index is 0.309. The predicted octanol–water partition coefficient (Wildman–Crippen LogP) is 4.42. The summed E-state index contributed by atoms with van der Waals surface area (Å²) >= 11 is 0. The molecule has 0 N–H and O–H groups in total. The van der Waals surface area contributed by atoms with Crippen molar-refractivity contribution in [3.05, 3.63) is 86.5 Å². The Hall–Kier alpha value is -1.90. The summed E-state index contributed by atoms with van der Waals surface area (Å²) in [5, 5.41) is 0. The van der Waals surface area contributed by atoms with Crippen molar-refractivity contribution in [2.24, 2.45) is 0 Å². The summed E-state index contributed by atoms with van der Waals surface area (Å²) in [4.78, 5) is 0. The molecule has 112 valence electrons. The number of hydrogen-bond donors (Lipinski definition) is 0. The molecular formula is C19H24O2. The van der Waals surface area contributed by atoms with Crippen molar-refractivity contribution in [3.8, 4) is 0 Å². The summed E-state index contributed by atoms with van der Waals surface area (Å²) in [7, 11) is 0. The number of hydrogen-bond acceptors (Lipinski definition) is 2. The average molecular weight is 284 g/mol. The van der Waals surface area contributed by atoms with Crippen LogP contribution < -0.4 is 0 Å². The van der Waals surface area contributed by atoms with Gasteiger partial charge in [-0.1, -0.05) is 54.6 Å². The van der Waals surface area contributed by atoms with Crippen LogP contribution in [-0.2, 0) is 15.1 Å². The molecule has 0 aliphatic heterocycles. The van der Waals surface area contributed by atoms with Crippen molar-refractivity contribution in [1.29, 1.82) is 0 Å². The lowest BCUT2D eigenvalue weighted by Crippen LogP contribution is -2.42. The summed E-state index contributed by atoms with van der Waals surface area (Å²) in [5.74, 6) is 0. The molecule has 0 spiro atoms. The van der Waals surface area contributed by atoms with Crippen LogP contribution in [0.2, 0.25) is 0 Å². The van der Waals surface area contributed by atoms with Crippen molar-refractivity contribution in [1.82, 2.24) is 0 Å². The summed E-state index contributed by atoms with van der Waals surface area (Å²) in [5.41, 5.74) is 0.364. The highest BCUT2D eigenvalue weighted by Gasteiger charge is 2.39. The van der Waals surface area contributed by atoms with Crippen molar-refractivity contribution in [2.75, 3.05) is 13.2 Å². The average Bonchev–Trinajstić information content (AvgIpc) is 2.53. The van der Waals surface area contributed by atoms with E-state index in [-0.39, 0.29) is 6.10 Å². The van der Waals surface area contributed by atoms with Crippen LogP contribution in [-0.4, -0.2) is 19.3 Å². The first-order valence-electron chi connectivity index (χ1n) is 7.01. The van der Waals surface area contributed by atoms with Gasteiger partial charge in [-0.3, -0.25) is 0 Å². The van der Waals surface area contributed by atoms with Crippen LogP contribution in [0.1, 0.15) is 12.0 Å². The van der Waals surface area contributed by atoms with Crippen molar-refractivity contribution < 1.29 is 9.47 Å². The van der Waals surface area contributed by atoms with Crippen LogP contribution in [0.25, 0.3) is 0 Å². The molecule has 1 aromatic carbocycles. The van der Waals surface area contributed by atoms with Gasteiger partial charge in [-0.15, -0.1) is 26.3 Å². The largest absolute Gasteiger partial charge is 0.367 e. The normalized spacial score (nSPS) is 14.7. The molecule has 0 aliphatic rings. The second-order valence-corrected chi connectivity index (χ2v) is 4.63. The first kappa shape index (κ1) is 17.2. The Kier molecular flexibility index (Phi) is 7.44. The van der Waals surface area contributed by atoms with Gasteiger partial charge in [-0.2, -0.15) is 0 Å². The Balaban J connectivity index is 3.27. The van der Waals surface area contributed by atoms with E-state index in [1.165, 1.54) is 0 Å². The molecule has 2 nitrogen and oxygen atoms in total. The molecule has 21 heavy (non-hydrogen) atoms. The van der Waals surface area contributed by atoms with Gasteiger partial charge in [0.25, 0.3) is 0 Å². The van der Waals surface area contributed by atoms with E-state index in [1.807, 2.05) is 36.4 Å². The minimum atomic E-state index is -0.665. The molecular weight excluding hydrogens is 260 g/mol. The highest BCUT2D eigenvalue weighted by Crippen LogP contribution is 2.36. The molecule has 0 amide bonds. The van der Waals surface area contributed by atoms with Gasteiger partial charge in [-0.05, 0) is 5.56 Å². The number of ether oxygens (including phenoxy) is 2. The molecule has 0 aromatic heterocycles. The highest BCUT2D eigenvalue weighted by molar-refractivity contribution is 5.27. The second kappa shape index (κ2) is 9.11. The summed E-state index contributed by atoms with van der Waals surface area (Å²) < 4.78 is 12.0. The van der Waals surface area contributed by atoms with Gasteiger partial charge in [0.1, 0.15) is 11.7 Å². The van der Waals surface area contributed by atoms with E-state index in [4.69, 9.17) is 9.47 Å². The van der Waals surface area contributed by atoms with Crippen LogP contribution in [0.3, 0.4) is 0 Å². The Labute approximate surface area is 128 Å². The van der Waals surface area contributed by atoms with Gasteiger partial charge in [0.05, 0.1) is 13.2 Å². The highest BCUT2D eigenvalue weighted by atomic mass is 16.5. The Morgan fingerprint density at radius 2 is 1.62 bits per heavy atom. The molecule has 0 aliphatic carbocycles. The minimum Gasteiger partial charge on any atom is -0.367 e. The third-order valence-electron chi connectivity index (χ3n) is 3.24. The van der Waals surface area contributed by atoms with Gasteiger partial charge < -0.3 is 9.47 Å². The fraction of sp³-hybridized carbons (Fsp3) is 0.263. The fourth-order valence-electron chi connectivity index (χ4n) is 2.33. The Morgan fingerprint density at radius 3 is 2.14 bits per heavy atom. The van der Waals surface area contributed by atoms with Crippen LogP contribution in [0.5, 0.6) is 0 Å². The Bertz CT molecular complexity index is 464. The molecule has 0 radical (unpaired) electrons. The zero-order valence-corrected chi connectivity index (χ0v) is 12.5. The molecule has 0 heterocycles. The molecule has 1 aromatic rings. The quantitative estimate of drug-likeness (QED) is 0.560. The fourth-order valence-corrected chi connectivity index (χ4v) is 2.33. The van der Waals surface area contributed by atoms with Crippen molar-refractivity contribution in [2.45, 2.75) is 18.1 Å². The SMILES string of the molecule is C=CCO[C@H](C=C)[C@@](CC=C)(OCC=C)c1ccccc1. The molecule has 0 saturated carbocycles. The van der Waals surface area contributed by atoms with Crippen LogP contribution >= 0.6 is 0 Å². The third-order valence-corrected chi connectivity index (χ3v) is 3.24. The molecule has 0 bridgehead atoms. The van der Waals surface area contributed by atoms with Crippen LogP contribution in [0.4, 0.5) is 0 Å². The van der Waals surface area contributed by atoms with Crippen molar-refractivity contribution in [3.63, 3.8) is 0 Å². The molecule has 1 rings (SSSR count). The third kappa shape index (κ3) is 4.28. The van der Waals surface area contributed by atoms with Crippen LogP contribution in [0, 0.1) is 0 Å². The van der Waals surface area contributed by atoms with Gasteiger partial charge in [-0.25, -0.2) is 0 Å². The van der Waals surface area contributed by atoms with Gasteiger partial charge >= 0.3 is 0 Å². The maximum Gasteiger partial charge on any atom is 0.127 e. The van der Waals surface area contributed by atoms with Crippen LogP contribution in [0.15, 0.2) is 81.0 Å². The maximum absolute atomic E-state index is 6.14. The Morgan fingerprint density at radius 1 is 0.952 bits per heavy atom. The van der Waals surface area contributed by atoms with Gasteiger partial charge in [0, 0.05) is 6.42 Å². The van der Waals surface area contributed by atoms with E-state index in [0.29, 0.717) is 19.6 Å². The zero-order valence-electron chi connectivity index (χ0n) is 12.5. The maximum atomic E-state index is 6.14. The summed E-state index contributed by atoms with van der Waals surface area (Å²) in [6.07, 6.45) is 7.35. The molecule has 2 atom stereocenters. The number of rotatable bonds is 11. The molecule has 0 unspecified atom stereocenters. The molecule has 2 heteroatoms. The first-order valence-corrected chi connectivity index (χ1v) is 7.01. The second-order valence-electron chi connectivity index (χ2n) is 4.63. The van der Waals surface area contributed by atoms with E-state index in [1.54, 1.807) is 18.2 Å². The topological polar surface area (TPSA) is 18.5 Å². The molecule has 0 saturated heterocycles. The van der Waals surface area contributed by atoms with E-state index in [9.17, 15) is 0 Å². The standard InChI is InChI=1S/C19H24O2/c1-5-14-19(21-16-7-3,17-12-10-9-11-13-17)18(8-4)20-15-6-2/h5-13,18H,1-4,14-16H2/t18-,19+/m1/s1. The lowest BCUT2D eigenvalue weighted by molar-refractivity contribution is -0.121. The van der Waals surface area contributed by atoms with Crippen molar-refractivity contribution >= 4 is 0 Å². The zero-order chi connectivity index (χ0) is 15.6. The first-order chi connectivity index (χ1) is 10.2. The predicted molar refractivity (Wildman–Crippen MR) is 89.2 cm³/mol. The van der Waals surface area contributed by atoms with E-state index < -0.39 is 5.60 Å². The van der Waals surface area contributed by atoms with E-state index >= 15 is 0 Å². The van der Waals surface area contributed by atoms with E-state index in [0.717, 1.165) is 5.56 Å². The monoisotopic (exact) mass is 284 g/mol. The summed E-state index contributed by atoms with van der Waals surface area (Å²) in [6.45, 7) is 16.0. The van der Waals surface area contributed by atoms with E-state index in [2.05, 4.69) is 26.3 Å².